The Labute approximate surface area is 204 Å². The number of benzene rings is 2. The van der Waals surface area contributed by atoms with Crippen molar-refractivity contribution >= 4 is 28.9 Å². The van der Waals surface area contributed by atoms with Crippen LogP contribution >= 0.6 is 0 Å². The number of carbonyl (C=O) groups excluding carboxylic acids is 2. The molecule has 2 fully saturated rings. The summed E-state index contributed by atoms with van der Waals surface area (Å²) in [5.74, 6) is -1.20. The topological polar surface area (TPSA) is 52.7 Å². The molecule has 2 aromatic carbocycles. The summed E-state index contributed by atoms with van der Waals surface area (Å²) in [5.41, 5.74) is 1.36. The molecule has 0 bridgehead atoms. The predicted octanol–water partition coefficient (Wildman–Crippen LogP) is 5.94. The number of para-hydroxylation sites is 1. The van der Waals surface area contributed by atoms with Gasteiger partial charge in [-0.3, -0.25) is 9.59 Å². The van der Waals surface area contributed by atoms with Gasteiger partial charge in [0, 0.05) is 36.7 Å². The molecule has 5 nitrogen and oxygen atoms in total. The second kappa shape index (κ2) is 9.21. The molecule has 0 unspecified atom stereocenters. The standard InChI is InChI=1S/C27H32F3N3O2/c1-5-26(16-33(24(34)19(26)4)23-17(2)9-8-10-18(23)3)25(35)31-21-13-20(27(28,29)30)14-22(15-21)32-11-6-7-12-32/h8-10,13-15,19H,5-7,11-12,16H2,1-4H3,(H,31,35)/t19-,26+/m1/s1. The Balaban J connectivity index is 1.68. The number of halogens is 3. The van der Waals surface area contributed by atoms with Crippen molar-refractivity contribution in [3.8, 4) is 0 Å². The number of rotatable bonds is 5. The van der Waals surface area contributed by atoms with Gasteiger partial charge in [-0.1, -0.05) is 32.0 Å². The highest BCUT2D eigenvalue weighted by atomic mass is 19.4. The van der Waals surface area contributed by atoms with Crippen molar-refractivity contribution in [2.75, 3.05) is 34.8 Å². The highest BCUT2D eigenvalue weighted by molar-refractivity contribution is 6.07. The number of amides is 2. The first kappa shape index (κ1) is 25.1. The first-order valence-electron chi connectivity index (χ1n) is 12.1. The molecule has 2 amide bonds. The van der Waals surface area contributed by atoms with Crippen LogP contribution in [0.15, 0.2) is 36.4 Å². The molecule has 4 rings (SSSR count). The lowest BCUT2D eigenvalue weighted by atomic mass is 9.75. The van der Waals surface area contributed by atoms with E-state index in [1.807, 2.05) is 43.9 Å². The van der Waals surface area contributed by atoms with Gasteiger partial charge in [0.1, 0.15) is 0 Å². The van der Waals surface area contributed by atoms with E-state index in [1.54, 1.807) is 17.9 Å². The van der Waals surface area contributed by atoms with Crippen LogP contribution in [0.3, 0.4) is 0 Å². The molecule has 2 saturated heterocycles. The van der Waals surface area contributed by atoms with E-state index >= 15 is 0 Å². The number of nitrogens with zero attached hydrogens (tertiary/aromatic N) is 2. The van der Waals surface area contributed by atoms with Crippen molar-refractivity contribution in [2.45, 2.75) is 53.1 Å². The summed E-state index contributed by atoms with van der Waals surface area (Å²) in [6.07, 6.45) is -2.31. The molecule has 188 valence electrons. The Morgan fingerprint density at radius 3 is 2.31 bits per heavy atom. The van der Waals surface area contributed by atoms with Crippen LogP contribution < -0.4 is 15.1 Å². The SMILES string of the molecule is CC[C@]1(C(=O)Nc2cc(N3CCCC3)cc(C(F)(F)F)c2)CN(c2c(C)cccc2C)C(=O)[C@H]1C. The van der Waals surface area contributed by atoms with Crippen LogP contribution in [-0.2, 0) is 15.8 Å². The molecule has 1 N–H and O–H groups in total. The molecular formula is C27H32F3N3O2. The van der Waals surface area contributed by atoms with Crippen LogP contribution in [0.5, 0.6) is 0 Å². The zero-order valence-electron chi connectivity index (χ0n) is 20.6. The van der Waals surface area contributed by atoms with Crippen LogP contribution in [0.25, 0.3) is 0 Å². The van der Waals surface area contributed by atoms with Crippen LogP contribution in [0.1, 0.15) is 49.8 Å². The zero-order chi connectivity index (χ0) is 25.5. The Morgan fingerprint density at radius 1 is 1.11 bits per heavy atom. The average molecular weight is 488 g/mol. The van der Waals surface area contributed by atoms with Crippen molar-refractivity contribution in [1.29, 1.82) is 0 Å². The first-order valence-corrected chi connectivity index (χ1v) is 12.1. The van der Waals surface area contributed by atoms with Crippen molar-refractivity contribution in [1.82, 2.24) is 0 Å². The van der Waals surface area contributed by atoms with Gasteiger partial charge in [-0.05, 0) is 62.4 Å². The number of aryl methyl sites for hydroxylation is 2. The van der Waals surface area contributed by atoms with E-state index in [1.165, 1.54) is 0 Å². The number of nitrogens with one attached hydrogen (secondary N) is 1. The summed E-state index contributed by atoms with van der Waals surface area (Å²) in [5, 5.41) is 2.76. The maximum absolute atomic E-state index is 13.7. The second-order valence-corrected chi connectivity index (χ2v) is 9.81. The smallest absolute Gasteiger partial charge is 0.371 e. The third-order valence-corrected chi connectivity index (χ3v) is 7.67. The van der Waals surface area contributed by atoms with Gasteiger partial charge in [0.15, 0.2) is 0 Å². The minimum absolute atomic E-state index is 0.102. The lowest BCUT2D eigenvalue weighted by Gasteiger charge is -2.30. The third kappa shape index (κ3) is 4.50. The summed E-state index contributed by atoms with van der Waals surface area (Å²) in [6.45, 7) is 8.98. The molecule has 2 aliphatic heterocycles. The number of anilines is 3. The molecular weight excluding hydrogens is 455 g/mol. The number of carbonyl (C=O) groups is 2. The van der Waals surface area contributed by atoms with Crippen molar-refractivity contribution in [3.05, 3.63) is 53.1 Å². The van der Waals surface area contributed by atoms with Gasteiger partial charge in [0.05, 0.1) is 16.9 Å². The highest BCUT2D eigenvalue weighted by Crippen LogP contribution is 2.45. The lowest BCUT2D eigenvalue weighted by molar-refractivity contribution is -0.137. The number of alkyl halides is 3. The Morgan fingerprint density at radius 2 is 1.74 bits per heavy atom. The number of hydrogen-bond acceptors (Lipinski definition) is 3. The van der Waals surface area contributed by atoms with Gasteiger partial charge in [0.2, 0.25) is 11.8 Å². The van der Waals surface area contributed by atoms with E-state index in [0.717, 1.165) is 41.8 Å². The molecule has 0 aromatic heterocycles. The van der Waals surface area contributed by atoms with Crippen LogP contribution in [0.2, 0.25) is 0 Å². The molecule has 2 heterocycles. The summed E-state index contributed by atoms with van der Waals surface area (Å²) >= 11 is 0. The number of hydrogen-bond donors (Lipinski definition) is 1. The fourth-order valence-electron chi connectivity index (χ4n) is 5.50. The van der Waals surface area contributed by atoms with Gasteiger partial charge in [-0.2, -0.15) is 13.2 Å². The average Bonchev–Trinajstić information content (AvgIpc) is 3.42. The lowest BCUT2D eigenvalue weighted by Crippen LogP contribution is -2.42. The summed E-state index contributed by atoms with van der Waals surface area (Å²) < 4.78 is 41.0. The van der Waals surface area contributed by atoms with Gasteiger partial charge in [-0.25, -0.2) is 0 Å². The minimum Gasteiger partial charge on any atom is -0.371 e. The highest BCUT2D eigenvalue weighted by Gasteiger charge is 2.54. The molecule has 0 spiro atoms. The fraction of sp³-hybridized carbons (Fsp3) is 0.481. The van der Waals surface area contributed by atoms with Gasteiger partial charge in [0.25, 0.3) is 0 Å². The molecule has 35 heavy (non-hydrogen) atoms. The Kier molecular flexibility index (Phi) is 6.60. The third-order valence-electron chi connectivity index (χ3n) is 7.67. The largest absolute Gasteiger partial charge is 0.416 e. The summed E-state index contributed by atoms with van der Waals surface area (Å²) in [4.78, 5) is 30.6. The molecule has 0 saturated carbocycles. The molecule has 2 aliphatic rings. The molecule has 2 aromatic rings. The molecule has 0 aliphatic carbocycles. The van der Waals surface area contributed by atoms with E-state index in [9.17, 15) is 22.8 Å². The van der Waals surface area contributed by atoms with E-state index in [0.29, 0.717) is 25.2 Å². The quantitative estimate of drug-likeness (QED) is 0.568. The van der Waals surface area contributed by atoms with E-state index < -0.39 is 29.0 Å². The second-order valence-electron chi connectivity index (χ2n) is 9.81. The van der Waals surface area contributed by atoms with E-state index in [2.05, 4.69) is 5.32 Å². The normalized spacial score (nSPS) is 22.7. The van der Waals surface area contributed by atoms with Crippen molar-refractivity contribution in [2.24, 2.45) is 11.3 Å². The Hall–Kier alpha value is -3.03. The van der Waals surface area contributed by atoms with Gasteiger partial charge < -0.3 is 15.1 Å². The Bertz CT molecular complexity index is 1120. The van der Waals surface area contributed by atoms with Gasteiger partial charge in [-0.15, -0.1) is 0 Å². The summed E-state index contributed by atoms with van der Waals surface area (Å²) in [6, 6.07) is 9.49. The predicted molar refractivity (Wildman–Crippen MR) is 132 cm³/mol. The first-order chi connectivity index (χ1) is 16.5. The van der Waals surface area contributed by atoms with E-state index in [4.69, 9.17) is 0 Å². The molecule has 0 radical (unpaired) electrons. The van der Waals surface area contributed by atoms with Gasteiger partial charge >= 0.3 is 6.18 Å². The monoisotopic (exact) mass is 487 g/mol. The van der Waals surface area contributed by atoms with Crippen molar-refractivity contribution < 1.29 is 22.8 Å². The van der Waals surface area contributed by atoms with Crippen LogP contribution in [-0.4, -0.2) is 31.4 Å². The summed E-state index contributed by atoms with van der Waals surface area (Å²) in [7, 11) is 0. The minimum atomic E-state index is -4.53. The van der Waals surface area contributed by atoms with Crippen molar-refractivity contribution in [3.63, 3.8) is 0 Å². The maximum Gasteiger partial charge on any atom is 0.416 e. The van der Waals surface area contributed by atoms with Crippen LogP contribution in [0, 0.1) is 25.2 Å². The molecule has 2 atom stereocenters. The molecule has 8 heteroatoms. The fourth-order valence-corrected chi connectivity index (χ4v) is 5.50. The van der Waals surface area contributed by atoms with E-state index in [-0.39, 0.29) is 18.1 Å². The van der Waals surface area contributed by atoms with Crippen LogP contribution in [0.4, 0.5) is 30.2 Å². The maximum atomic E-state index is 13.7. The zero-order valence-corrected chi connectivity index (χ0v) is 20.6.